The molecule has 0 fully saturated rings. The Balaban J connectivity index is 1.31. The van der Waals surface area contributed by atoms with Crippen LogP contribution in [0, 0.1) is 15.3 Å². The number of nitrogens with zero attached hydrogens (tertiary/aromatic N) is 2. The van der Waals surface area contributed by atoms with Crippen molar-refractivity contribution in [1.29, 1.82) is 0 Å². The molecule has 2 atom stereocenters. The largest absolute Gasteiger partial charge is 0.619 e. The molecule has 1 amide bonds. The van der Waals surface area contributed by atoms with Gasteiger partial charge in [-0.2, -0.15) is 4.73 Å². The third kappa shape index (κ3) is 4.68. The third-order valence-corrected chi connectivity index (χ3v) is 5.87. The summed E-state index contributed by atoms with van der Waals surface area (Å²) >= 11 is 0. The fourth-order valence-corrected chi connectivity index (χ4v) is 4.22. The minimum absolute atomic E-state index is 0.0487. The summed E-state index contributed by atoms with van der Waals surface area (Å²) in [6.45, 7) is 0.0810. The summed E-state index contributed by atoms with van der Waals surface area (Å²) in [7, 11) is 0. The lowest BCUT2D eigenvalue weighted by molar-refractivity contribution is -0.606. The van der Waals surface area contributed by atoms with Crippen molar-refractivity contribution in [3.05, 3.63) is 99.0 Å². The molecule has 10 heteroatoms. The number of nitro groups is 1. The van der Waals surface area contributed by atoms with Crippen LogP contribution in [0.2, 0.25) is 0 Å². The predicted molar refractivity (Wildman–Crippen MR) is 121 cm³/mol. The Morgan fingerprint density at radius 1 is 1.09 bits per heavy atom. The molecule has 1 heterocycles. The zero-order chi connectivity index (χ0) is 24.2. The fraction of sp³-hybridized carbons (Fsp3) is 0.250. The van der Waals surface area contributed by atoms with Gasteiger partial charge in [0.25, 0.3) is 5.69 Å². The lowest BCUT2D eigenvalue weighted by atomic mass is 9.98. The number of benzene rings is 2. The summed E-state index contributed by atoms with van der Waals surface area (Å²) in [6, 6.07) is 16.8. The molecule has 3 N–H and O–H groups in total. The highest BCUT2D eigenvalue weighted by Crippen LogP contribution is 2.44. The van der Waals surface area contributed by atoms with Crippen LogP contribution in [0.25, 0.3) is 11.1 Å². The van der Waals surface area contributed by atoms with Gasteiger partial charge in [0.2, 0.25) is 0 Å². The van der Waals surface area contributed by atoms with Gasteiger partial charge in [-0.3, -0.25) is 10.1 Å². The molecule has 176 valence electrons. The van der Waals surface area contributed by atoms with Crippen molar-refractivity contribution in [3.63, 3.8) is 0 Å². The fourth-order valence-electron chi connectivity index (χ4n) is 4.22. The first kappa shape index (κ1) is 23.1. The Labute approximate surface area is 194 Å². The van der Waals surface area contributed by atoms with E-state index in [0.717, 1.165) is 40.7 Å². The SMILES string of the molecule is O=C(NCCC(O)C(O)c1c[n+]([O-])ccc1[N+](=O)[O-])OCC1c2ccccc2-c2ccccc21. The molecule has 0 spiro atoms. The number of hydrogen-bond acceptors (Lipinski definition) is 7. The van der Waals surface area contributed by atoms with E-state index in [1.807, 2.05) is 48.5 Å². The van der Waals surface area contributed by atoms with Crippen LogP contribution in [0.4, 0.5) is 10.5 Å². The molecule has 10 nitrogen and oxygen atoms in total. The first-order valence-corrected chi connectivity index (χ1v) is 10.7. The van der Waals surface area contributed by atoms with Gasteiger partial charge in [-0.05, 0) is 28.7 Å². The first-order chi connectivity index (χ1) is 16.4. The van der Waals surface area contributed by atoms with Gasteiger partial charge >= 0.3 is 6.09 Å². The van der Waals surface area contributed by atoms with Crippen LogP contribution in [0.15, 0.2) is 67.0 Å². The number of hydrogen-bond donors (Lipinski definition) is 3. The maximum Gasteiger partial charge on any atom is 0.407 e. The van der Waals surface area contributed by atoms with Gasteiger partial charge in [-0.1, -0.05) is 48.5 Å². The summed E-state index contributed by atoms with van der Waals surface area (Å²) in [5, 5.41) is 45.6. The number of amides is 1. The number of aliphatic hydroxyl groups is 2. The predicted octanol–water partition coefficient (Wildman–Crippen LogP) is 2.55. The molecule has 0 bridgehead atoms. The van der Waals surface area contributed by atoms with Crippen LogP contribution < -0.4 is 10.0 Å². The van der Waals surface area contributed by atoms with E-state index in [-0.39, 0.29) is 31.1 Å². The van der Waals surface area contributed by atoms with Crippen LogP contribution in [0.5, 0.6) is 0 Å². The first-order valence-electron chi connectivity index (χ1n) is 10.7. The molecule has 0 saturated carbocycles. The summed E-state index contributed by atoms with van der Waals surface area (Å²) in [5.74, 6) is -0.0945. The molecule has 1 aliphatic carbocycles. The second-order valence-electron chi connectivity index (χ2n) is 7.96. The van der Waals surface area contributed by atoms with Crippen LogP contribution >= 0.6 is 0 Å². The van der Waals surface area contributed by atoms with Crippen molar-refractivity contribution < 1.29 is 29.4 Å². The van der Waals surface area contributed by atoms with E-state index in [4.69, 9.17) is 4.74 Å². The summed E-state index contributed by atoms with van der Waals surface area (Å²) < 4.78 is 5.70. The van der Waals surface area contributed by atoms with Crippen molar-refractivity contribution in [3.8, 4) is 11.1 Å². The number of carbonyl (C=O) groups excluding carboxylic acids is 1. The Morgan fingerprint density at radius 2 is 1.71 bits per heavy atom. The molecular weight excluding hydrogens is 442 g/mol. The third-order valence-electron chi connectivity index (χ3n) is 5.87. The number of fused-ring (bicyclic) bond motifs is 3. The standard InChI is InChI=1S/C24H23N3O7/c28-22(23(29)19-13-26(31)12-10-21(19)27(32)33)9-11-25-24(30)34-14-20-17-7-3-1-5-15(17)16-6-2-4-8-18(16)20/h1-8,10,12-13,20,22-23,28-29H,9,11,14H2,(H,25,30). The topological polar surface area (TPSA) is 149 Å². The van der Waals surface area contributed by atoms with Crippen molar-refractivity contribution in [2.45, 2.75) is 24.5 Å². The summed E-state index contributed by atoms with van der Waals surface area (Å²) in [6.07, 6.45) is -2.16. The van der Waals surface area contributed by atoms with Gasteiger partial charge in [0, 0.05) is 12.5 Å². The number of ether oxygens (including phenoxy) is 1. The average Bonchev–Trinajstić information content (AvgIpc) is 3.15. The average molecular weight is 465 g/mol. The maximum absolute atomic E-state index is 12.2. The van der Waals surface area contributed by atoms with Crippen molar-refractivity contribution >= 4 is 11.8 Å². The number of rotatable bonds is 8. The van der Waals surface area contributed by atoms with Gasteiger partial charge in [0.05, 0.1) is 17.1 Å². The second kappa shape index (κ2) is 9.86. The van der Waals surface area contributed by atoms with Gasteiger partial charge in [0.1, 0.15) is 18.3 Å². The minimum Gasteiger partial charge on any atom is -0.619 e. The Kier molecular flexibility index (Phi) is 6.71. The molecule has 2 unspecified atom stereocenters. The van der Waals surface area contributed by atoms with E-state index < -0.39 is 28.9 Å². The zero-order valence-electron chi connectivity index (χ0n) is 18.0. The van der Waals surface area contributed by atoms with Crippen LogP contribution in [-0.4, -0.2) is 40.5 Å². The summed E-state index contributed by atoms with van der Waals surface area (Å²) in [5.41, 5.74) is 3.58. The molecule has 0 radical (unpaired) electrons. The van der Waals surface area contributed by atoms with Crippen LogP contribution in [-0.2, 0) is 4.74 Å². The number of aromatic nitrogens is 1. The molecular formula is C24H23N3O7. The number of aliphatic hydroxyl groups excluding tert-OH is 2. The molecule has 4 rings (SSSR count). The van der Waals surface area contributed by atoms with Crippen molar-refractivity contribution in [2.24, 2.45) is 0 Å². The molecule has 34 heavy (non-hydrogen) atoms. The quantitative estimate of drug-likeness (QED) is 0.200. The van der Waals surface area contributed by atoms with E-state index in [2.05, 4.69) is 5.32 Å². The lowest BCUT2D eigenvalue weighted by Crippen LogP contribution is -2.32. The normalized spacial score (nSPS) is 14.1. The number of carbonyl (C=O) groups is 1. The van der Waals surface area contributed by atoms with Crippen LogP contribution in [0.1, 0.15) is 35.1 Å². The second-order valence-corrected chi connectivity index (χ2v) is 7.96. The molecule has 3 aromatic rings. The monoisotopic (exact) mass is 465 g/mol. The highest BCUT2D eigenvalue weighted by atomic mass is 16.6. The molecule has 0 saturated heterocycles. The van der Waals surface area contributed by atoms with Gasteiger partial charge in [-0.25, -0.2) is 4.79 Å². The highest BCUT2D eigenvalue weighted by molar-refractivity contribution is 5.79. The van der Waals surface area contributed by atoms with Gasteiger partial charge in [-0.15, -0.1) is 0 Å². The zero-order valence-corrected chi connectivity index (χ0v) is 18.0. The molecule has 1 aromatic heterocycles. The van der Waals surface area contributed by atoms with E-state index in [1.165, 1.54) is 0 Å². The Morgan fingerprint density at radius 3 is 2.32 bits per heavy atom. The van der Waals surface area contributed by atoms with E-state index >= 15 is 0 Å². The van der Waals surface area contributed by atoms with Crippen LogP contribution in [0.3, 0.4) is 0 Å². The molecule has 2 aromatic carbocycles. The smallest absolute Gasteiger partial charge is 0.407 e. The van der Waals surface area contributed by atoms with E-state index in [0.29, 0.717) is 4.73 Å². The Bertz CT molecular complexity index is 1170. The number of pyridine rings is 1. The van der Waals surface area contributed by atoms with Crippen molar-refractivity contribution in [1.82, 2.24) is 5.32 Å². The number of nitrogens with one attached hydrogen (secondary N) is 1. The van der Waals surface area contributed by atoms with E-state index in [9.17, 15) is 30.3 Å². The number of alkyl carbamates (subject to hydrolysis) is 1. The van der Waals surface area contributed by atoms with Gasteiger partial charge < -0.3 is 25.5 Å². The lowest BCUT2D eigenvalue weighted by Gasteiger charge is -2.18. The molecule has 0 aliphatic heterocycles. The van der Waals surface area contributed by atoms with Crippen molar-refractivity contribution in [2.75, 3.05) is 13.2 Å². The van der Waals surface area contributed by atoms with Gasteiger partial charge in [0.15, 0.2) is 12.4 Å². The molecule has 1 aliphatic rings. The van der Waals surface area contributed by atoms with E-state index in [1.54, 1.807) is 0 Å². The maximum atomic E-state index is 12.2. The Hall–Kier alpha value is -4.02. The minimum atomic E-state index is -1.67. The highest BCUT2D eigenvalue weighted by Gasteiger charge is 2.30. The summed E-state index contributed by atoms with van der Waals surface area (Å²) in [4.78, 5) is 22.6.